The number of amides is 1. The van der Waals surface area contributed by atoms with Crippen molar-refractivity contribution >= 4 is 11.8 Å². The number of nitrogens with one attached hydrogen (secondary N) is 2. The van der Waals surface area contributed by atoms with Crippen molar-refractivity contribution in [1.82, 2.24) is 5.32 Å². The lowest BCUT2D eigenvalue weighted by Crippen LogP contribution is -2.59. The summed E-state index contributed by atoms with van der Waals surface area (Å²) in [7, 11) is 0. The molecule has 0 aliphatic carbocycles. The number of ether oxygens (including phenoxy) is 1. The maximum absolute atomic E-state index is 12.1. The summed E-state index contributed by atoms with van der Waals surface area (Å²) in [5.74, 6) is 0. The van der Waals surface area contributed by atoms with Gasteiger partial charge in [-0.1, -0.05) is 18.2 Å². The molecule has 1 aliphatic rings. The van der Waals surface area contributed by atoms with E-state index in [2.05, 4.69) is 38.3 Å². The second-order valence-electron chi connectivity index (χ2n) is 7.27. The highest BCUT2D eigenvalue weighted by atomic mass is 16.6. The minimum Gasteiger partial charge on any atom is -0.446 e. The van der Waals surface area contributed by atoms with E-state index in [9.17, 15) is 4.79 Å². The first-order valence-electron chi connectivity index (χ1n) is 7.49. The monoisotopic (exact) mass is 290 g/mol. The number of para-hydroxylation sites is 1. The first-order chi connectivity index (χ1) is 9.67. The molecule has 2 rings (SSSR count). The van der Waals surface area contributed by atoms with Gasteiger partial charge >= 0.3 is 6.09 Å². The highest BCUT2D eigenvalue weighted by molar-refractivity contribution is 5.85. The number of rotatable bonds is 2. The average Bonchev–Trinajstić information content (AvgIpc) is 2.27. The molecule has 1 heterocycles. The highest BCUT2D eigenvalue weighted by Crippen LogP contribution is 2.30. The second-order valence-corrected chi connectivity index (χ2v) is 7.27. The Morgan fingerprint density at radius 3 is 2.33 bits per heavy atom. The summed E-state index contributed by atoms with van der Waals surface area (Å²) in [6.07, 6.45) is 1.19. The number of piperidine rings is 1. The van der Waals surface area contributed by atoms with Gasteiger partial charge in [0.2, 0.25) is 0 Å². The molecule has 2 N–H and O–H groups in total. The first-order valence-corrected chi connectivity index (χ1v) is 7.49. The number of carbonyl (C=O) groups is 1. The third kappa shape index (κ3) is 4.46. The first kappa shape index (κ1) is 15.8. The van der Waals surface area contributed by atoms with Crippen LogP contribution in [0.4, 0.5) is 10.5 Å². The third-order valence-corrected chi connectivity index (χ3v) is 3.81. The summed E-state index contributed by atoms with van der Waals surface area (Å²) >= 11 is 0. The maximum atomic E-state index is 12.1. The number of benzene rings is 1. The van der Waals surface area contributed by atoms with Crippen LogP contribution in [0.2, 0.25) is 0 Å². The van der Waals surface area contributed by atoms with Crippen molar-refractivity contribution in [2.45, 2.75) is 64.6 Å². The van der Waals surface area contributed by atoms with Gasteiger partial charge < -0.3 is 10.1 Å². The molecule has 0 radical (unpaired) electrons. The van der Waals surface area contributed by atoms with Crippen LogP contribution in [-0.4, -0.2) is 23.3 Å². The van der Waals surface area contributed by atoms with E-state index in [1.807, 2.05) is 31.2 Å². The number of hydrogen-bond donors (Lipinski definition) is 2. The molecule has 0 unspecified atom stereocenters. The molecule has 4 nitrogen and oxygen atoms in total. The molecule has 1 aromatic carbocycles. The smallest absolute Gasteiger partial charge is 0.411 e. The van der Waals surface area contributed by atoms with E-state index in [1.54, 1.807) is 0 Å². The van der Waals surface area contributed by atoms with Crippen molar-refractivity contribution in [1.29, 1.82) is 0 Å². The molecular weight excluding hydrogens is 264 g/mol. The summed E-state index contributed by atoms with van der Waals surface area (Å²) in [6.45, 7) is 10.5. The molecule has 0 aromatic heterocycles. The van der Waals surface area contributed by atoms with E-state index >= 15 is 0 Å². The minimum atomic E-state index is -0.372. The normalized spacial score (nSPS) is 20.8. The van der Waals surface area contributed by atoms with Crippen LogP contribution in [0.5, 0.6) is 0 Å². The van der Waals surface area contributed by atoms with E-state index in [0.717, 1.165) is 24.1 Å². The van der Waals surface area contributed by atoms with Gasteiger partial charge in [-0.05, 0) is 46.2 Å². The molecule has 0 spiro atoms. The Bertz CT molecular complexity index is 507. The van der Waals surface area contributed by atoms with Crippen LogP contribution in [-0.2, 0) is 4.74 Å². The van der Waals surface area contributed by atoms with Crippen molar-refractivity contribution in [3.63, 3.8) is 0 Å². The lowest BCUT2D eigenvalue weighted by Gasteiger charge is -2.45. The van der Waals surface area contributed by atoms with Gasteiger partial charge in [0, 0.05) is 29.6 Å². The fraction of sp³-hybridized carbons (Fsp3) is 0.588. The average molecular weight is 290 g/mol. The minimum absolute atomic E-state index is 0.0324. The van der Waals surface area contributed by atoms with Crippen LogP contribution in [0, 0.1) is 6.92 Å². The lowest BCUT2D eigenvalue weighted by atomic mass is 9.81. The Hall–Kier alpha value is -1.55. The molecule has 1 saturated heterocycles. The van der Waals surface area contributed by atoms with Gasteiger partial charge in [-0.3, -0.25) is 5.32 Å². The zero-order valence-electron chi connectivity index (χ0n) is 13.6. The number of anilines is 1. The Balaban J connectivity index is 1.98. The van der Waals surface area contributed by atoms with Gasteiger partial charge in [0.05, 0.1) is 0 Å². The maximum Gasteiger partial charge on any atom is 0.411 e. The van der Waals surface area contributed by atoms with E-state index in [1.165, 1.54) is 0 Å². The summed E-state index contributed by atoms with van der Waals surface area (Å²) in [4.78, 5) is 12.1. The molecule has 1 aromatic rings. The van der Waals surface area contributed by atoms with Crippen molar-refractivity contribution < 1.29 is 9.53 Å². The van der Waals surface area contributed by atoms with E-state index in [-0.39, 0.29) is 23.3 Å². The standard InChI is InChI=1S/C17H26N2O2/c1-12-8-6-7-9-14(12)18-15(20)21-13-10-16(2,3)19-17(4,5)11-13/h6-9,13,19H,10-11H2,1-5H3,(H,18,20). The molecule has 1 fully saturated rings. The third-order valence-electron chi connectivity index (χ3n) is 3.81. The van der Waals surface area contributed by atoms with Crippen LogP contribution < -0.4 is 10.6 Å². The van der Waals surface area contributed by atoms with Gasteiger partial charge in [-0.2, -0.15) is 0 Å². The lowest BCUT2D eigenvalue weighted by molar-refractivity contribution is 0.0256. The molecule has 0 atom stereocenters. The summed E-state index contributed by atoms with van der Waals surface area (Å²) < 4.78 is 5.63. The predicted molar refractivity (Wildman–Crippen MR) is 85.6 cm³/mol. The SMILES string of the molecule is Cc1ccccc1NC(=O)OC1CC(C)(C)NC(C)(C)C1. The zero-order valence-corrected chi connectivity index (χ0v) is 13.6. The van der Waals surface area contributed by atoms with Crippen molar-refractivity contribution in [2.24, 2.45) is 0 Å². The quantitative estimate of drug-likeness (QED) is 0.869. The van der Waals surface area contributed by atoms with Gasteiger partial charge in [0.25, 0.3) is 0 Å². The summed E-state index contributed by atoms with van der Waals surface area (Å²) in [6, 6.07) is 7.70. The molecule has 4 heteroatoms. The Morgan fingerprint density at radius 1 is 1.19 bits per heavy atom. The Kier molecular flexibility index (Phi) is 4.28. The topological polar surface area (TPSA) is 50.4 Å². The van der Waals surface area contributed by atoms with E-state index < -0.39 is 0 Å². The van der Waals surface area contributed by atoms with Crippen LogP contribution in [0.25, 0.3) is 0 Å². The van der Waals surface area contributed by atoms with E-state index in [4.69, 9.17) is 4.74 Å². The molecule has 21 heavy (non-hydrogen) atoms. The Labute approximate surface area is 127 Å². The fourth-order valence-electron chi connectivity index (χ4n) is 3.32. The van der Waals surface area contributed by atoms with Crippen molar-refractivity contribution in [2.75, 3.05) is 5.32 Å². The Morgan fingerprint density at radius 2 is 1.76 bits per heavy atom. The molecule has 116 valence electrons. The molecule has 0 saturated carbocycles. The highest BCUT2D eigenvalue weighted by Gasteiger charge is 2.39. The van der Waals surface area contributed by atoms with Gasteiger partial charge in [0.1, 0.15) is 6.10 Å². The molecule has 1 aliphatic heterocycles. The summed E-state index contributed by atoms with van der Waals surface area (Å²) in [5.41, 5.74) is 1.76. The van der Waals surface area contributed by atoms with Crippen molar-refractivity contribution in [3.05, 3.63) is 29.8 Å². The van der Waals surface area contributed by atoms with Crippen LogP contribution in [0.15, 0.2) is 24.3 Å². The second kappa shape index (κ2) is 5.68. The molecule has 1 amide bonds. The summed E-state index contributed by atoms with van der Waals surface area (Å²) in [5, 5.41) is 6.41. The fourth-order valence-corrected chi connectivity index (χ4v) is 3.32. The van der Waals surface area contributed by atoms with Crippen molar-refractivity contribution in [3.8, 4) is 0 Å². The number of hydrogen-bond acceptors (Lipinski definition) is 3. The van der Waals surface area contributed by atoms with Gasteiger partial charge in [-0.15, -0.1) is 0 Å². The van der Waals surface area contributed by atoms with Crippen LogP contribution >= 0.6 is 0 Å². The van der Waals surface area contributed by atoms with Gasteiger partial charge in [0.15, 0.2) is 0 Å². The zero-order chi connectivity index (χ0) is 15.7. The number of aryl methyl sites for hydroxylation is 1. The molecule has 0 bridgehead atoms. The van der Waals surface area contributed by atoms with E-state index in [0.29, 0.717) is 0 Å². The predicted octanol–water partition coefficient (Wildman–Crippen LogP) is 3.85. The van der Waals surface area contributed by atoms with Crippen LogP contribution in [0.3, 0.4) is 0 Å². The van der Waals surface area contributed by atoms with Crippen LogP contribution in [0.1, 0.15) is 46.1 Å². The number of carbonyl (C=O) groups excluding carboxylic acids is 1. The molecular formula is C17H26N2O2. The largest absolute Gasteiger partial charge is 0.446 e. The van der Waals surface area contributed by atoms with Gasteiger partial charge in [-0.25, -0.2) is 4.79 Å².